The van der Waals surface area contributed by atoms with Gasteiger partial charge in [0.25, 0.3) is 0 Å². The first-order valence-corrected chi connectivity index (χ1v) is 9.95. The molecule has 20 heavy (non-hydrogen) atoms. The lowest BCUT2D eigenvalue weighted by Crippen LogP contribution is -2.34. The van der Waals surface area contributed by atoms with Gasteiger partial charge in [-0.15, -0.1) is 11.3 Å². The smallest absolute Gasteiger partial charge is 0.250 e. The quantitative estimate of drug-likeness (QED) is 0.825. The normalized spacial score (nSPS) is 18.6. The second-order valence-corrected chi connectivity index (χ2v) is 9.85. The van der Waals surface area contributed by atoms with Crippen molar-refractivity contribution in [1.29, 1.82) is 0 Å². The molecule has 1 fully saturated rings. The molecule has 114 valence electrons. The van der Waals surface area contributed by atoms with Crippen LogP contribution in [-0.4, -0.2) is 39.5 Å². The van der Waals surface area contributed by atoms with Gasteiger partial charge in [0.15, 0.2) is 0 Å². The minimum Gasteiger partial charge on any atom is -0.303 e. The summed E-state index contributed by atoms with van der Waals surface area (Å²) in [5, 5.41) is 0. The highest BCUT2D eigenvalue weighted by Gasteiger charge is 2.20. The molecule has 1 aliphatic rings. The summed E-state index contributed by atoms with van der Waals surface area (Å²) in [5.74, 6) is 0.326. The van der Waals surface area contributed by atoms with E-state index in [9.17, 15) is 8.42 Å². The number of sulfonamides is 1. The number of rotatable bonds is 6. The average Bonchev–Trinajstić information content (AvgIpc) is 2.99. The van der Waals surface area contributed by atoms with E-state index in [4.69, 9.17) is 0 Å². The SMILES string of the molecule is Cc1cc(S(=O)(=O)NCC(C)CN2CCCC2)sc1Br. The standard InChI is InChI=1S/C13H21BrN2O2S2/c1-10(9-16-5-3-4-6-16)8-15-20(17,18)12-7-11(2)13(14)19-12/h7,10,15H,3-6,8-9H2,1-2H3. The van der Waals surface area contributed by atoms with Crippen LogP contribution in [0.5, 0.6) is 0 Å². The number of halogens is 1. The zero-order chi connectivity index (χ0) is 14.8. The van der Waals surface area contributed by atoms with E-state index in [2.05, 4.69) is 32.5 Å². The van der Waals surface area contributed by atoms with Crippen molar-refractivity contribution in [2.75, 3.05) is 26.2 Å². The molecule has 0 spiro atoms. The molecule has 1 aromatic rings. The molecule has 1 aromatic heterocycles. The zero-order valence-corrected chi connectivity index (χ0v) is 15.1. The summed E-state index contributed by atoms with van der Waals surface area (Å²) in [6.45, 7) is 7.75. The van der Waals surface area contributed by atoms with Crippen molar-refractivity contribution >= 4 is 37.3 Å². The second-order valence-electron chi connectivity index (χ2n) is 5.49. The number of aryl methyl sites for hydroxylation is 1. The Morgan fingerprint density at radius 3 is 2.65 bits per heavy atom. The summed E-state index contributed by atoms with van der Waals surface area (Å²) < 4.78 is 28.4. The lowest BCUT2D eigenvalue weighted by molar-refractivity contribution is 0.288. The van der Waals surface area contributed by atoms with Crippen molar-refractivity contribution in [3.8, 4) is 0 Å². The van der Waals surface area contributed by atoms with E-state index in [1.807, 2.05) is 6.92 Å². The van der Waals surface area contributed by atoms with E-state index in [-0.39, 0.29) is 0 Å². The van der Waals surface area contributed by atoms with Crippen LogP contribution in [0.4, 0.5) is 0 Å². The van der Waals surface area contributed by atoms with Crippen molar-refractivity contribution in [2.45, 2.75) is 30.9 Å². The molecule has 1 unspecified atom stereocenters. The van der Waals surface area contributed by atoms with Crippen molar-refractivity contribution < 1.29 is 8.42 Å². The Bertz CT molecular complexity index is 531. The number of nitrogens with one attached hydrogen (secondary N) is 1. The fourth-order valence-corrected chi connectivity index (χ4v) is 5.79. The van der Waals surface area contributed by atoms with Crippen LogP contribution in [0, 0.1) is 12.8 Å². The molecule has 0 radical (unpaired) electrons. The maximum atomic E-state index is 12.2. The first kappa shape index (κ1) is 16.4. The molecule has 1 atom stereocenters. The zero-order valence-electron chi connectivity index (χ0n) is 11.9. The minimum atomic E-state index is -3.37. The third-order valence-corrected chi connectivity index (χ3v) is 7.52. The summed E-state index contributed by atoms with van der Waals surface area (Å²) in [7, 11) is -3.37. The molecule has 0 bridgehead atoms. The molecule has 0 aliphatic carbocycles. The van der Waals surface area contributed by atoms with Crippen LogP contribution >= 0.6 is 27.3 Å². The van der Waals surface area contributed by atoms with Crippen molar-refractivity contribution in [2.24, 2.45) is 5.92 Å². The lowest BCUT2D eigenvalue weighted by Gasteiger charge is -2.20. The molecule has 0 amide bonds. The summed E-state index contributed by atoms with van der Waals surface area (Å²) in [6, 6.07) is 1.71. The molecular weight excluding hydrogens is 360 g/mol. The molecule has 1 N–H and O–H groups in total. The van der Waals surface area contributed by atoms with Crippen LogP contribution in [0.3, 0.4) is 0 Å². The Balaban J connectivity index is 1.88. The minimum absolute atomic E-state index is 0.326. The topological polar surface area (TPSA) is 49.4 Å². The maximum Gasteiger partial charge on any atom is 0.250 e. The van der Waals surface area contributed by atoms with Gasteiger partial charge >= 0.3 is 0 Å². The summed E-state index contributed by atoms with van der Waals surface area (Å²) in [5.41, 5.74) is 0.959. The number of thiophene rings is 1. The van der Waals surface area contributed by atoms with Gasteiger partial charge in [-0.1, -0.05) is 6.92 Å². The highest BCUT2D eigenvalue weighted by atomic mass is 79.9. The number of hydrogen-bond donors (Lipinski definition) is 1. The first-order valence-electron chi connectivity index (χ1n) is 6.86. The number of nitrogens with zero attached hydrogens (tertiary/aromatic N) is 1. The van der Waals surface area contributed by atoms with Gasteiger partial charge in [-0.2, -0.15) is 0 Å². The van der Waals surface area contributed by atoms with E-state index >= 15 is 0 Å². The molecule has 2 rings (SSSR count). The van der Waals surface area contributed by atoms with Crippen LogP contribution in [0.2, 0.25) is 0 Å². The monoisotopic (exact) mass is 380 g/mol. The summed E-state index contributed by atoms with van der Waals surface area (Å²) >= 11 is 4.63. The van der Waals surface area contributed by atoms with E-state index in [0.29, 0.717) is 16.7 Å². The highest BCUT2D eigenvalue weighted by Crippen LogP contribution is 2.30. The van der Waals surface area contributed by atoms with Gasteiger partial charge in [0.05, 0.1) is 3.79 Å². The van der Waals surface area contributed by atoms with E-state index in [1.165, 1.54) is 24.2 Å². The maximum absolute atomic E-state index is 12.2. The lowest BCUT2D eigenvalue weighted by atomic mass is 10.2. The van der Waals surface area contributed by atoms with Gasteiger partial charge in [0.2, 0.25) is 10.0 Å². The molecule has 0 saturated carbocycles. The third-order valence-electron chi connectivity index (χ3n) is 3.49. The summed E-state index contributed by atoms with van der Waals surface area (Å²) in [6.07, 6.45) is 2.53. The fraction of sp³-hybridized carbons (Fsp3) is 0.692. The van der Waals surface area contributed by atoms with Crippen molar-refractivity contribution in [3.63, 3.8) is 0 Å². The molecule has 1 saturated heterocycles. The molecular formula is C13H21BrN2O2S2. The number of likely N-dealkylation sites (tertiary alicyclic amines) is 1. The third kappa shape index (κ3) is 4.27. The Hall–Kier alpha value is 0.0500. The molecule has 2 heterocycles. The van der Waals surface area contributed by atoms with Crippen molar-refractivity contribution in [1.82, 2.24) is 9.62 Å². The Morgan fingerprint density at radius 2 is 2.10 bits per heavy atom. The van der Waals surface area contributed by atoms with Crippen LogP contribution < -0.4 is 4.72 Å². The van der Waals surface area contributed by atoms with Gasteiger partial charge in [0.1, 0.15) is 4.21 Å². The molecule has 4 nitrogen and oxygen atoms in total. The molecule has 0 aromatic carbocycles. The highest BCUT2D eigenvalue weighted by molar-refractivity contribution is 9.11. The van der Waals surface area contributed by atoms with Crippen molar-refractivity contribution in [3.05, 3.63) is 15.4 Å². The Labute approximate surface area is 133 Å². The summed E-state index contributed by atoms with van der Waals surface area (Å²) in [4.78, 5) is 2.41. The van der Waals surface area contributed by atoms with Crippen LogP contribution in [0.1, 0.15) is 25.3 Å². The molecule has 7 heteroatoms. The first-order chi connectivity index (χ1) is 9.38. The largest absolute Gasteiger partial charge is 0.303 e. The van der Waals surface area contributed by atoms with E-state index in [0.717, 1.165) is 29.0 Å². The van der Waals surface area contributed by atoms with Gasteiger partial charge in [-0.05, 0) is 66.3 Å². The fourth-order valence-electron chi connectivity index (χ4n) is 2.36. The Morgan fingerprint density at radius 1 is 1.45 bits per heavy atom. The van der Waals surface area contributed by atoms with Gasteiger partial charge in [-0.25, -0.2) is 13.1 Å². The van der Waals surface area contributed by atoms with Crippen LogP contribution in [-0.2, 0) is 10.0 Å². The Kier molecular flexibility index (Phi) is 5.64. The molecule has 1 aliphatic heterocycles. The van der Waals surface area contributed by atoms with Crippen LogP contribution in [0.15, 0.2) is 14.1 Å². The van der Waals surface area contributed by atoms with E-state index in [1.54, 1.807) is 6.07 Å². The predicted octanol–water partition coefficient (Wildman–Crippen LogP) is 2.83. The van der Waals surface area contributed by atoms with E-state index < -0.39 is 10.0 Å². The van der Waals surface area contributed by atoms with Gasteiger partial charge in [0, 0.05) is 13.1 Å². The number of hydrogen-bond acceptors (Lipinski definition) is 4. The average molecular weight is 381 g/mol. The predicted molar refractivity (Wildman–Crippen MR) is 86.8 cm³/mol. The van der Waals surface area contributed by atoms with Gasteiger partial charge < -0.3 is 4.90 Å². The second kappa shape index (κ2) is 6.87. The van der Waals surface area contributed by atoms with Gasteiger partial charge in [-0.3, -0.25) is 0 Å². The van der Waals surface area contributed by atoms with Crippen LogP contribution in [0.25, 0.3) is 0 Å².